The molecule has 1 aromatic rings. The van der Waals surface area contributed by atoms with Gasteiger partial charge in [-0.05, 0) is 36.8 Å². The first-order valence-electron chi connectivity index (χ1n) is 5.51. The van der Waals surface area contributed by atoms with Crippen LogP contribution in [0, 0.1) is 11.7 Å². The minimum Gasteiger partial charge on any atom is -0.300 e. The van der Waals surface area contributed by atoms with Crippen LogP contribution in [0.4, 0.5) is 4.39 Å². The average Bonchev–Trinajstić information content (AvgIpc) is 2.25. The van der Waals surface area contributed by atoms with Gasteiger partial charge < -0.3 is 0 Å². The summed E-state index contributed by atoms with van der Waals surface area (Å²) in [5, 5.41) is 0. The molecule has 0 spiro atoms. The third-order valence-corrected chi connectivity index (χ3v) is 3.13. The third kappa shape index (κ3) is 2.65. The average molecular weight is 206 g/mol. The lowest BCUT2D eigenvalue weighted by molar-refractivity contribution is -0.121. The van der Waals surface area contributed by atoms with Gasteiger partial charge in [0.15, 0.2) is 0 Å². The number of benzene rings is 1. The zero-order valence-electron chi connectivity index (χ0n) is 8.71. The number of ketones is 1. The van der Waals surface area contributed by atoms with Gasteiger partial charge in [-0.2, -0.15) is 0 Å². The molecule has 1 aliphatic rings. The predicted molar refractivity (Wildman–Crippen MR) is 57.1 cm³/mol. The Balaban J connectivity index is 1.97. The first-order valence-corrected chi connectivity index (χ1v) is 5.51. The van der Waals surface area contributed by atoms with Gasteiger partial charge in [-0.3, -0.25) is 4.79 Å². The molecule has 1 aromatic carbocycles. The van der Waals surface area contributed by atoms with Crippen LogP contribution in [0.3, 0.4) is 0 Å². The number of hydrogen-bond acceptors (Lipinski definition) is 1. The Morgan fingerprint density at radius 2 is 1.87 bits per heavy atom. The molecule has 15 heavy (non-hydrogen) atoms. The summed E-state index contributed by atoms with van der Waals surface area (Å²) in [6.07, 6.45) is 3.98. The van der Waals surface area contributed by atoms with E-state index in [0.717, 1.165) is 24.8 Å². The molecule has 0 radical (unpaired) electrons. The zero-order chi connectivity index (χ0) is 10.7. The lowest BCUT2D eigenvalue weighted by Gasteiger charge is -2.20. The van der Waals surface area contributed by atoms with Gasteiger partial charge in [0.1, 0.15) is 11.6 Å². The zero-order valence-corrected chi connectivity index (χ0v) is 8.71. The number of Topliss-reactive ketones (excluding diaryl/α,β-unsaturated/α-hetero) is 1. The molecule has 0 N–H and O–H groups in total. The van der Waals surface area contributed by atoms with Crippen molar-refractivity contribution in [2.75, 3.05) is 0 Å². The van der Waals surface area contributed by atoms with Crippen LogP contribution < -0.4 is 0 Å². The van der Waals surface area contributed by atoms with E-state index in [0.29, 0.717) is 24.5 Å². The molecule has 1 saturated carbocycles. The molecule has 0 heterocycles. The van der Waals surface area contributed by atoms with Crippen molar-refractivity contribution in [2.24, 2.45) is 5.92 Å². The van der Waals surface area contributed by atoms with Gasteiger partial charge in [0.25, 0.3) is 0 Å². The van der Waals surface area contributed by atoms with Gasteiger partial charge in [-0.25, -0.2) is 4.39 Å². The van der Waals surface area contributed by atoms with Crippen molar-refractivity contribution < 1.29 is 9.18 Å². The van der Waals surface area contributed by atoms with Crippen LogP contribution in [0.25, 0.3) is 0 Å². The predicted octanol–water partition coefficient (Wildman–Crippen LogP) is 3.13. The quantitative estimate of drug-likeness (QED) is 0.726. The van der Waals surface area contributed by atoms with Crippen molar-refractivity contribution in [1.82, 2.24) is 0 Å². The molecule has 2 rings (SSSR count). The fourth-order valence-corrected chi connectivity index (χ4v) is 2.18. The fourth-order valence-electron chi connectivity index (χ4n) is 2.18. The van der Waals surface area contributed by atoms with E-state index < -0.39 is 0 Å². The van der Waals surface area contributed by atoms with E-state index >= 15 is 0 Å². The SMILES string of the molecule is O=C1CCC(Cc2ccccc2F)CC1. The molecule has 1 aliphatic carbocycles. The number of halogens is 1. The van der Waals surface area contributed by atoms with E-state index in [9.17, 15) is 9.18 Å². The molecular formula is C13H15FO. The van der Waals surface area contributed by atoms with Crippen molar-refractivity contribution in [1.29, 1.82) is 0 Å². The van der Waals surface area contributed by atoms with Crippen molar-refractivity contribution in [2.45, 2.75) is 32.1 Å². The second-order valence-electron chi connectivity index (χ2n) is 4.28. The van der Waals surface area contributed by atoms with Crippen molar-refractivity contribution in [3.8, 4) is 0 Å². The highest BCUT2D eigenvalue weighted by Crippen LogP contribution is 2.25. The van der Waals surface area contributed by atoms with E-state index in [4.69, 9.17) is 0 Å². The van der Waals surface area contributed by atoms with Gasteiger partial charge in [0.05, 0.1) is 0 Å². The Bertz CT molecular complexity index is 349. The maximum absolute atomic E-state index is 13.4. The number of hydrogen-bond donors (Lipinski definition) is 0. The summed E-state index contributed by atoms with van der Waals surface area (Å²) in [4.78, 5) is 11.1. The van der Waals surface area contributed by atoms with Crippen LogP contribution >= 0.6 is 0 Å². The van der Waals surface area contributed by atoms with Gasteiger partial charge >= 0.3 is 0 Å². The van der Waals surface area contributed by atoms with Crippen molar-refractivity contribution in [3.63, 3.8) is 0 Å². The van der Waals surface area contributed by atoms with Crippen LogP contribution in [-0.4, -0.2) is 5.78 Å². The normalized spacial score (nSPS) is 18.1. The van der Waals surface area contributed by atoms with E-state index in [2.05, 4.69) is 0 Å². The number of carbonyl (C=O) groups excluding carboxylic acids is 1. The number of carbonyl (C=O) groups is 1. The van der Waals surface area contributed by atoms with Crippen LogP contribution in [0.15, 0.2) is 24.3 Å². The molecule has 80 valence electrons. The fraction of sp³-hybridized carbons (Fsp3) is 0.462. The second kappa shape index (κ2) is 4.56. The summed E-state index contributed by atoms with van der Waals surface area (Å²) in [6.45, 7) is 0. The van der Waals surface area contributed by atoms with E-state index in [1.165, 1.54) is 6.07 Å². The van der Waals surface area contributed by atoms with Crippen LogP contribution in [0.5, 0.6) is 0 Å². The molecule has 2 heteroatoms. The van der Waals surface area contributed by atoms with E-state index in [1.807, 2.05) is 12.1 Å². The first kappa shape index (κ1) is 10.3. The Kier molecular flexibility index (Phi) is 3.14. The highest BCUT2D eigenvalue weighted by Gasteiger charge is 2.19. The van der Waals surface area contributed by atoms with Crippen LogP contribution in [-0.2, 0) is 11.2 Å². The van der Waals surface area contributed by atoms with Crippen molar-refractivity contribution in [3.05, 3.63) is 35.6 Å². The Labute approximate surface area is 89.3 Å². The summed E-state index contributed by atoms with van der Waals surface area (Å²) < 4.78 is 13.4. The van der Waals surface area contributed by atoms with Gasteiger partial charge in [-0.15, -0.1) is 0 Å². The summed E-state index contributed by atoms with van der Waals surface area (Å²) in [5.74, 6) is 0.730. The second-order valence-corrected chi connectivity index (χ2v) is 4.28. The molecule has 0 saturated heterocycles. The lowest BCUT2D eigenvalue weighted by atomic mass is 9.84. The largest absolute Gasteiger partial charge is 0.300 e. The monoisotopic (exact) mass is 206 g/mol. The molecular weight excluding hydrogens is 191 g/mol. The highest BCUT2D eigenvalue weighted by atomic mass is 19.1. The van der Waals surface area contributed by atoms with Gasteiger partial charge in [-0.1, -0.05) is 18.2 Å². The Hall–Kier alpha value is -1.18. The Morgan fingerprint density at radius 3 is 2.53 bits per heavy atom. The molecule has 1 fully saturated rings. The minimum absolute atomic E-state index is 0.116. The number of rotatable bonds is 2. The molecule has 0 atom stereocenters. The maximum atomic E-state index is 13.4. The third-order valence-electron chi connectivity index (χ3n) is 3.13. The van der Waals surface area contributed by atoms with Crippen molar-refractivity contribution >= 4 is 5.78 Å². The first-order chi connectivity index (χ1) is 7.25. The Morgan fingerprint density at radius 1 is 1.20 bits per heavy atom. The maximum Gasteiger partial charge on any atom is 0.132 e. The van der Waals surface area contributed by atoms with Gasteiger partial charge in [0, 0.05) is 12.8 Å². The molecule has 0 unspecified atom stereocenters. The van der Waals surface area contributed by atoms with E-state index in [-0.39, 0.29) is 5.82 Å². The summed E-state index contributed by atoms with van der Waals surface area (Å²) in [7, 11) is 0. The van der Waals surface area contributed by atoms with Crippen LogP contribution in [0.2, 0.25) is 0 Å². The molecule has 0 amide bonds. The summed E-state index contributed by atoms with van der Waals surface area (Å²) >= 11 is 0. The molecule has 0 bridgehead atoms. The molecule has 1 nitrogen and oxygen atoms in total. The molecule has 0 aliphatic heterocycles. The summed E-state index contributed by atoms with van der Waals surface area (Å²) in [5.41, 5.74) is 0.789. The smallest absolute Gasteiger partial charge is 0.132 e. The van der Waals surface area contributed by atoms with Crippen LogP contribution in [0.1, 0.15) is 31.2 Å². The minimum atomic E-state index is -0.116. The van der Waals surface area contributed by atoms with Gasteiger partial charge in [0.2, 0.25) is 0 Å². The highest BCUT2D eigenvalue weighted by molar-refractivity contribution is 5.79. The molecule has 0 aromatic heterocycles. The standard InChI is InChI=1S/C13H15FO/c14-13-4-2-1-3-11(13)9-10-5-7-12(15)8-6-10/h1-4,10H,5-9H2. The topological polar surface area (TPSA) is 17.1 Å². The van der Waals surface area contributed by atoms with E-state index in [1.54, 1.807) is 6.07 Å². The summed E-state index contributed by atoms with van der Waals surface area (Å²) in [6, 6.07) is 6.92. The lowest BCUT2D eigenvalue weighted by Crippen LogP contribution is -2.16.